The summed E-state index contributed by atoms with van der Waals surface area (Å²) in [7, 11) is 0. The van der Waals surface area contributed by atoms with Gasteiger partial charge in [0.05, 0.1) is 11.7 Å². The first-order chi connectivity index (χ1) is 12.8. The zero-order chi connectivity index (χ0) is 17.8. The number of hydrogen-bond donors (Lipinski definition) is 1. The Balaban J connectivity index is 1.36. The van der Waals surface area contributed by atoms with Gasteiger partial charge >= 0.3 is 0 Å². The van der Waals surface area contributed by atoms with E-state index in [4.69, 9.17) is 0 Å². The molecule has 1 aliphatic rings. The Hall–Kier alpha value is -1.78. The number of H-pyrrole nitrogens is 1. The van der Waals surface area contributed by atoms with E-state index in [1.807, 2.05) is 18.0 Å². The van der Waals surface area contributed by atoms with Gasteiger partial charge in [-0.15, -0.1) is 11.8 Å². The van der Waals surface area contributed by atoms with Crippen LogP contribution in [0.3, 0.4) is 0 Å². The number of likely N-dealkylation sites (tertiary alicyclic amines) is 1. The number of rotatable bonds is 6. The predicted molar refractivity (Wildman–Crippen MR) is 111 cm³/mol. The molecule has 1 fully saturated rings. The highest BCUT2D eigenvalue weighted by molar-refractivity contribution is 7.99. The first kappa shape index (κ1) is 17.6. The summed E-state index contributed by atoms with van der Waals surface area (Å²) in [5, 5.41) is 8.39. The minimum atomic E-state index is 0.753. The van der Waals surface area contributed by atoms with Gasteiger partial charge in [-0.3, -0.25) is 10.00 Å². The largest absolute Gasteiger partial charge is 0.299 e. The maximum atomic E-state index is 4.13. The number of fused-ring (bicyclic) bond motifs is 1. The number of benzene rings is 2. The van der Waals surface area contributed by atoms with Crippen molar-refractivity contribution in [2.75, 3.05) is 18.8 Å². The Morgan fingerprint density at radius 1 is 1.15 bits per heavy atom. The van der Waals surface area contributed by atoms with E-state index in [0.29, 0.717) is 0 Å². The highest BCUT2D eigenvalue weighted by Crippen LogP contribution is 2.24. The summed E-state index contributed by atoms with van der Waals surface area (Å²) >= 11 is 1.91. The summed E-state index contributed by atoms with van der Waals surface area (Å²) in [4.78, 5) is 4.01. The fourth-order valence-electron chi connectivity index (χ4n) is 4.03. The number of nitrogens with zero attached hydrogens (tertiary/aromatic N) is 2. The minimum absolute atomic E-state index is 0.753. The maximum absolute atomic E-state index is 4.13. The normalized spacial score (nSPS) is 18.4. The van der Waals surface area contributed by atoms with E-state index in [9.17, 15) is 0 Å². The van der Waals surface area contributed by atoms with Crippen molar-refractivity contribution in [1.29, 1.82) is 0 Å². The molecule has 2 heterocycles. The lowest BCUT2D eigenvalue weighted by molar-refractivity contribution is 0.167. The first-order valence-corrected chi connectivity index (χ1v) is 10.6. The lowest BCUT2D eigenvalue weighted by Gasteiger charge is -2.33. The second kappa shape index (κ2) is 8.28. The third-order valence-corrected chi connectivity index (χ3v) is 6.17. The fourth-order valence-corrected chi connectivity index (χ4v) is 4.69. The molecule has 0 bridgehead atoms. The van der Waals surface area contributed by atoms with Gasteiger partial charge < -0.3 is 0 Å². The minimum Gasteiger partial charge on any atom is -0.299 e. The zero-order valence-corrected chi connectivity index (χ0v) is 16.3. The van der Waals surface area contributed by atoms with Crippen LogP contribution < -0.4 is 0 Å². The second-order valence-corrected chi connectivity index (χ2v) is 8.65. The van der Waals surface area contributed by atoms with Gasteiger partial charge in [-0.2, -0.15) is 5.10 Å². The van der Waals surface area contributed by atoms with Gasteiger partial charge in [-0.05, 0) is 72.9 Å². The highest BCUT2D eigenvalue weighted by Gasteiger charge is 2.20. The smallest absolute Gasteiger partial charge is 0.0650 e. The molecule has 26 heavy (non-hydrogen) atoms. The standard InChI is InChI=1S/C22H27N3S/c1-2-26-21-8-5-17(6-9-21)15-25-11-3-4-19(16-25)12-18-7-10-22-20(13-18)14-23-24-22/h5-10,13-14,19H,2-4,11-12,15-16H2,1H3,(H,23,24)/t19-/m1/s1. The molecule has 3 aromatic rings. The van der Waals surface area contributed by atoms with Gasteiger partial charge in [0.2, 0.25) is 0 Å². The number of nitrogens with one attached hydrogen (secondary N) is 1. The molecule has 1 saturated heterocycles. The van der Waals surface area contributed by atoms with E-state index < -0.39 is 0 Å². The van der Waals surface area contributed by atoms with Crippen molar-refractivity contribution in [2.45, 2.75) is 37.6 Å². The van der Waals surface area contributed by atoms with Crippen molar-refractivity contribution in [3.05, 3.63) is 59.8 Å². The van der Waals surface area contributed by atoms with Crippen LogP contribution >= 0.6 is 11.8 Å². The number of thioether (sulfide) groups is 1. The molecule has 1 aromatic heterocycles. The van der Waals surface area contributed by atoms with Crippen LogP contribution in [0.2, 0.25) is 0 Å². The Morgan fingerprint density at radius 2 is 2.00 bits per heavy atom. The van der Waals surface area contributed by atoms with Gasteiger partial charge in [0.15, 0.2) is 0 Å². The summed E-state index contributed by atoms with van der Waals surface area (Å²) in [6.07, 6.45) is 5.74. The Bertz CT molecular complexity index is 840. The number of piperidine rings is 1. The van der Waals surface area contributed by atoms with E-state index in [2.05, 4.69) is 64.5 Å². The Kier molecular flexibility index (Phi) is 5.61. The van der Waals surface area contributed by atoms with E-state index in [1.165, 1.54) is 53.8 Å². The monoisotopic (exact) mass is 365 g/mol. The van der Waals surface area contributed by atoms with Crippen molar-refractivity contribution in [3.63, 3.8) is 0 Å². The summed E-state index contributed by atoms with van der Waals surface area (Å²) < 4.78 is 0. The van der Waals surface area contributed by atoms with Crippen LogP contribution in [0.1, 0.15) is 30.9 Å². The second-order valence-electron chi connectivity index (χ2n) is 7.32. The number of aromatic amines is 1. The predicted octanol–water partition coefficient (Wildman–Crippen LogP) is 5.13. The van der Waals surface area contributed by atoms with E-state index in [0.717, 1.165) is 23.7 Å². The van der Waals surface area contributed by atoms with Crippen LogP contribution in [0.25, 0.3) is 10.9 Å². The van der Waals surface area contributed by atoms with E-state index >= 15 is 0 Å². The zero-order valence-electron chi connectivity index (χ0n) is 15.4. The SMILES string of the molecule is CCSc1ccc(CN2CCC[C@H](Cc3ccc4[nH]ncc4c3)C2)cc1. The fraction of sp³-hybridized carbons (Fsp3) is 0.409. The molecule has 3 nitrogen and oxygen atoms in total. The molecule has 0 spiro atoms. The molecule has 1 N–H and O–H groups in total. The number of hydrogen-bond acceptors (Lipinski definition) is 3. The molecular formula is C22H27N3S. The highest BCUT2D eigenvalue weighted by atomic mass is 32.2. The topological polar surface area (TPSA) is 31.9 Å². The van der Waals surface area contributed by atoms with Crippen LogP contribution in [0.15, 0.2) is 53.6 Å². The van der Waals surface area contributed by atoms with Gasteiger partial charge in [0.1, 0.15) is 0 Å². The average Bonchev–Trinajstić information content (AvgIpc) is 3.12. The third kappa shape index (κ3) is 4.30. The van der Waals surface area contributed by atoms with Crippen molar-refractivity contribution in [3.8, 4) is 0 Å². The molecule has 0 amide bonds. The van der Waals surface area contributed by atoms with Crippen molar-refractivity contribution >= 4 is 22.7 Å². The molecular weight excluding hydrogens is 338 g/mol. The van der Waals surface area contributed by atoms with Crippen LogP contribution in [0.5, 0.6) is 0 Å². The van der Waals surface area contributed by atoms with E-state index in [-0.39, 0.29) is 0 Å². The van der Waals surface area contributed by atoms with E-state index in [1.54, 1.807) is 0 Å². The lowest BCUT2D eigenvalue weighted by Crippen LogP contribution is -2.35. The quantitative estimate of drug-likeness (QED) is 0.615. The first-order valence-electron chi connectivity index (χ1n) is 9.66. The molecule has 136 valence electrons. The molecule has 0 aliphatic carbocycles. The van der Waals surface area contributed by atoms with Gasteiger partial charge in [0, 0.05) is 23.4 Å². The summed E-state index contributed by atoms with van der Waals surface area (Å²) in [6, 6.07) is 15.8. The van der Waals surface area contributed by atoms with Gasteiger partial charge in [0.25, 0.3) is 0 Å². The van der Waals surface area contributed by atoms with Crippen molar-refractivity contribution in [1.82, 2.24) is 15.1 Å². The van der Waals surface area contributed by atoms with Crippen LogP contribution in [0.4, 0.5) is 0 Å². The lowest BCUT2D eigenvalue weighted by atomic mass is 9.90. The maximum Gasteiger partial charge on any atom is 0.0650 e. The van der Waals surface area contributed by atoms with Crippen LogP contribution in [-0.2, 0) is 13.0 Å². The van der Waals surface area contributed by atoms with Crippen molar-refractivity contribution < 1.29 is 0 Å². The van der Waals surface area contributed by atoms with Crippen LogP contribution in [-0.4, -0.2) is 33.9 Å². The summed E-state index contributed by atoms with van der Waals surface area (Å²) in [5.41, 5.74) is 4.00. The molecule has 0 radical (unpaired) electrons. The van der Waals surface area contributed by atoms with Crippen molar-refractivity contribution in [2.24, 2.45) is 5.92 Å². The summed E-state index contributed by atoms with van der Waals surface area (Å²) in [6.45, 7) is 5.71. The molecule has 2 aromatic carbocycles. The molecule has 1 aliphatic heterocycles. The van der Waals surface area contributed by atoms with Crippen LogP contribution in [0, 0.1) is 5.92 Å². The van der Waals surface area contributed by atoms with Gasteiger partial charge in [-0.25, -0.2) is 0 Å². The van der Waals surface area contributed by atoms with Gasteiger partial charge in [-0.1, -0.05) is 25.1 Å². The molecule has 4 rings (SSSR count). The average molecular weight is 366 g/mol. The molecule has 4 heteroatoms. The summed E-state index contributed by atoms with van der Waals surface area (Å²) in [5.74, 6) is 1.89. The molecule has 1 atom stereocenters. The molecule has 0 unspecified atom stereocenters. The Morgan fingerprint density at radius 3 is 2.85 bits per heavy atom. The number of aromatic nitrogens is 2. The molecule has 0 saturated carbocycles. The Labute approximate surface area is 160 Å². The third-order valence-electron chi connectivity index (χ3n) is 5.27.